The normalized spacial score (nSPS) is 23.3. The lowest BCUT2D eigenvalue weighted by Gasteiger charge is -2.08. The van der Waals surface area contributed by atoms with Crippen LogP contribution < -0.4 is 5.32 Å². The number of aromatic hydroxyl groups is 3. The van der Waals surface area contributed by atoms with Crippen molar-refractivity contribution in [1.29, 1.82) is 0 Å². The van der Waals surface area contributed by atoms with Crippen LogP contribution in [0.25, 0.3) is 0 Å². The predicted molar refractivity (Wildman–Crippen MR) is 60.4 cm³/mol. The fourth-order valence-corrected chi connectivity index (χ4v) is 1.83. The number of phenolic OH excluding ortho intramolecular Hbond substituents is 3. The maximum Gasteiger partial charge on any atom is 0.200 e. The highest BCUT2D eigenvalue weighted by molar-refractivity contribution is 5.52. The van der Waals surface area contributed by atoms with Gasteiger partial charge in [0.1, 0.15) is 0 Å². The Morgan fingerprint density at radius 3 is 2.56 bits per heavy atom. The van der Waals surface area contributed by atoms with Crippen LogP contribution >= 0.6 is 0 Å². The van der Waals surface area contributed by atoms with E-state index in [2.05, 4.69) is 12.2 Å². The van der Waals surface area contributed by atoms with E-state index in [4.69, 9.17) is 5.11 Å². The molecule has 1 aromatic rings. The molecule has 4 N–H and O–H groups in total. The van der Waals surface area contributed by atoms with Gasteiger partial charge in [0, 0.05) is 12.1 Å². The molecule has 2 unspecified atom stereocenters. The Balaban J connectivity index is 1.91. The van der Waals surface area contributed by atoms with E-state index >= 15 is 0 Å². The SMILES string of the molecule is CC1CC1CNCc1ccc(O)c(O)c1O. The summed E-state index contributed by atoms with van der Waals surface area (Å²) < 4.78 is 0. The van der Waals surface area contributed by atoms with Gasteiger partial charge in [-0.05, 0) is 30.9 Å². The van der Waals surface area contributed by atoms with Crippen molar-refractivity contribution in [2.45, 2.75) is 19.9 Å². The summed E-state index contributed by atoms with van der Waals surface area (Å²) in [5.74, 6) is 0.565. The van der Waals surface area contributed by atoms with Gasteiger partial charge in [0.25, 0.3) is 0 Å². The van der Waals surface area contributed by atoms with E-state index < -0.39 is 5.75 Å². The Morgan fingerprint density at radius 1 is 1.25 bits per heavy atom. The van der Waals surface area contributed by atoms with Gasteiger partial charge in [0.05, 0.1) is 0 Å². The van der Waals surface area contributed by atoms with Gasteiger partial charge in [0.15, 0.2) is 11.5 Å². The molecule has 0 aliphatic heterocycles. The molecule has 1 aromatic carbocycles. The Bertz CT molecular complexity index is 392. The molecular formula is C12H17NO3. The summed E-state index contributed by atoms with van der Waals surface area (Å²) in [7, 11) is 0. The van der Waals surface area contributed by atoms with Gasteiger partial charge in [-0.3, -0.25) is 0 Å². The molecule has 0 radical (unpaired) electrons. The maximum absolute atomic E-state index is 9.56. The van der Waals surface area contributed by atoms with Crippen molar-refractivity contribution in [3.8, 4) is 17.2 Å². The predicted octanol–water partition coefficient (Wildman–Crippen LogP) is 1.55. The second kappa shape index (κ2) is 4.22. The van der Waals surface area contributed by atoms with Gasteiger partial charge < -0.3 is 20.6 Å². The minimum Gasteiger partial charge on any atom is -0.504 e. The van der Waals surface area contributed by atoms with Crippen molar-refractivity contribution in [2.75, 3.05) is 6.54 Å². The van der Waals surface area contributed by atoms with Gasteiger partial charge in [0.2, 0.25) is 5.75 Å². The summed E-state index contributed by atoms with van der Waals surface area (Å²) in [5, 5.41) is 31.3. The average Bonchev–Trinajstić information content (AvgIpc) is 2.95. The third kappa shape index (κ3) is 2.22. The zero-order valence-electron chi connectivity index (χ0n) is 9.27. The van der Waals surface area contributed by atoms with Crippen LogP contribution in [-0.2, 0) is 6.54 Å². The van der Waals surface area contributed by atoms with Crippen LogP contribution in [0.3, 0.4) is 0 Å². The largest absolute Gasteiger partial charge is 0.504 e. The van der Waals surface area contributed by atoms with Crippen LogP contribution in [0.4, 0.5) is 0 Å². The second-order valence-electron chi connectivity index (χ2n) is 4.54. The highest BCUT2D eigenvalue weighted by atomic mass is 16.3. The lowest BCUT2D eigenvalue weighted by molar-refractivity contribution is 0.364. The quantitative estimate of drug-likeness (QED) is 0.584. The molecule has 16 heavy (non-hydrogen) atoms. The molecule has 88 valence electrons. The first kappa shape index (κ1) is 11.1. The lowest BCUT2D eigenvalue weighted by Crippen LogP contribution is -2.16. The van der Waals surface area contributed by atoms with Crippen molar-refractivity contribution >= 4 is 0 Å². The number of nitrogens with one attached hydrogen (secondary N) is 1. The third-order valence-electron chi connectivity index (χ3n) is 3.21. The smallest absolute Gasteiger partial charge is 0.200 e. The van der Waals surface area contributed by atoms with Crippen LogP contribution in [-0.4, -0.2) is 21.9 Å². The summed E-state index contributed by atoms with van der Waals surface area (Å²) >= 11 is 0. The highest BCUT2D eigenvalue weighted by Gasteiger charge is 2.31. The molecule has 2 rings (SSSR count). The van der Waals surface area contributed by atoms with E-state index in [1.54, 1.807) is 6.07 Å². The van der Waals surface area contributed by atoms with Crippen LogP contribution in [0.1, 0.15) is 18.9 Å². The van der Waals surface area contributed by atoms with Gasteiger partial charge in [-0.15, -0.1) is 0 Å². The van der Waals surface area contributed by atoms with Crippen molar-refractivity contribution in [1.82, 2.24) is 5.32 Å². The molecule has 0 heterocycles. The Hall–Kier alpha value is -1.42. The monoisotopic (exact) mass is 223 g/mol. The topological polar surface area (TPSA) is 72.7 Å². The Kier molecular flexibility index (Phi) is 2.92. The fraction of sp³-hybridized carbons (Fsp3) is 0.500. The van der Waals surface area contributed by atoms with E-state index in [1.165, 1.54) is 12.5 Å². The minimum atomic E-state index is -0.445. The van der Waals surface area contributed by atoms with E-state index in [0.717, 1.165) is 18.4 Å². The lowest BCUT2D eigenvalue weighted by atomic mass is 10.1. The molecule has 1 fully saturated rings. The van der Waals surface area contributed by atoms with Crippen LogP contribution in [0.5, 0.6) is 17.2 Å². The van der Waals surface area contributed by atoms with Gasteiger partial charge in [-0.1, -0.05) is 13.0 Å². The Morgan fingerprint density at radius 2 is 1.94 bits per heavy atom. The van der Waals surface area contributed by atoms with Crippen molar-refractivity contribution in [2.24, 2.45) is 11.8 Å². The second-order valence-corrected chi connectivity index (χ2v) is 4.54. The number of hydrogen-bond acceptors (Lipinski definition) is 4. The summed E-state index contributed by atoms with van der Waals surface area (Å²) in [6.07, 6.45) is 1.26. The van der Waals surface area contributed by atoms with Crippen LogP contribution in [0.15, 0.2) is 12.1 Å². The van der Waals surface area contributed by atoms with E-state index in [1.807, 2.05) is 0 Å². The minimum absolute atomic E-state index is 0.239. The molecule has 0 spiro atoms. The number of phenols is 3. The molecule has 0 bridgehead atoms. The molecule has 4 nitrogen and oxygen atoms in total. The number of rotatable bonds is 4. The summed E-state index contributed by atoms with van der Waals surface area (Å²) in [6.45, 7) is 3.65. The molecule has 0 aromatic heterocycles. The first-order chi connectivity index (χ1) is 7.59. The van der Waals surface area contributed by atoms with Gasteiger partial charge >= 0.3 is 0 Å². The van der Waals surface area contributed by atoms with Crippen molar-refractivity contribution in [3.63, 3.8) is 0 Å². The standard InChI is InChI=1S/C12H17NO3/c1-7-4-9(7)6-13-5-8-2-3-10(14)12(16)11(8)15/h2-3,7,9,13-16H,4-6H2,1H3. The molecule has 1 aliphatic rings. The molecular weight excluding hydrogens is 206 g/mol. The van der Waals surface area contributed by atoms with E-state index in [9.17, 15) is 10.2 Å². The number of benzene rings is 1. The van der Waals surface area contributed by atoms with E-state index in [-0.39, 0.29) is 11.5 Å². The Labute approximate surface area is 94.5 Å². The van der Waals surface area contributed by atoms with E-state index in [0.29, 0.717) is 12.1 Å². The summed E-state index contributed by atoms with van der Waals surface area (Å²) in [4.78, 5) is 0. The number of hydrogen-bond donors (Lipinski definition) is 4. The molecule has 0 saturated heterocycles. The summed E-state index contributed by atoms with van der Waals surface area (Å²) in [5.41, 5.74) is 0.601. The van der Waals surface area contributed by atoms with Crippen molar-refractivity contribution in [3.05, 3.63) is 17.7 Å². The van der Waals surface area contributed by atoms with Gasteiger partial charge in [-0.25, -0.2) is 0 Å². The molecule has 4 heteroatoms. The first-order valence-electron chi connectivity index (χ1n) is 5.53. The molecule has 0 amide bonds. The first-order valence-corrected chi connectivity index (χ1v) is 5.53. The average molecular weight is 223 g/mol. The third-order valence-corrected chi connectivity index (χ3v) is 3.21. The van der Waals surface area contributed by atoms with Crippen molar-refractivity contribution < 1.29 is 15.3 Å². The highest BCUT2D eigenvalue weighted by Crippen LogP contribution is 2.38. The maximum atomic E-state index is 9.56. The van der Waals surface area contributed by atoms with Gasteiger partial charge in [-0.2, -0.15) is 0 Å². The zero-order chi connectivity index (χ0) is 11.7. The zero-order valence-corrected chi connectivity index (χ0v) is 9.27. The van der Waals surface area contributed by atoms with Crippen LogP contribution in [0, 0.1) is 11.8 Å². The molecule has 2 atom stereocenters. The molecule has 1 saturated carbocycles. The fourth-order valence-electron chi connectivity index (χ4n) is 1.83. The molecule has 1 aliphatic carbocycles. The van der Waals surface area contributed by atoms with Crippen LogP contribution in [0.2, 0.25) is 0 Å². The summed E-state index contributed by atoms with van der Waals surface area (Å²) in [6, 6.07) is 2.99.